The number of carbonyl (C=O) groups is 5. The third-order valence-electron chi connectivity index (χ3n) is 6.37. The largest absolute Gasteiger partial charge is 0.509 e. The molecule has 2 heterocycles. The number of methoxy groups -OCH3 is 1. The van der Waals surface area contributed by atoms with Crippen LogP contribution in [-0.4, -0.2) is 90.6 Å². The van der Waals surface area contributed by atoms with Crippen molar-refractivity contribution >= 4 is 30.0 Å². The van der Waals surface area contributed by atoms with Gasteiger partial charge in [0.2, 0.25) is 11.8 Å². The molecule has 2 saturated heterocycles. The molecule has 1 aromatic rings. The lowest BCUT2D eigenvalue weighted by atomic mass is 10.0. The van der Waals surface area contributed by atoms with Gasteiger partial charge < -0.3 is 34.3 Å². The average molecular weight is 592 g/mol. The smallest absolute Gasteiger partial charge is 0.497 e. The van der Waals surface area contributed by atoms with Gasteiger partial charge in [-0.1, -0.05) is 12.1 Å². The van der Waals surface area contributed by atoms with Crippen LogP contribution in [0.1, 0.15) is 59.9 Å². The molecule has 4 atom stereocenters. The fourth-order valence-corrected chi connectivity index (χ4v) is 4.55. The normalized spacial score (nSPS) is 22.5. The molecule has 0 saturated carbocycles. The lowest BCUT2D eigenvalue weighted by molar-refractivity contribution is -0.156. The van der Waals surface area contributed by atoms with Gasteiger partial charge in [-0.25, -0.2) is 9.59 Å². The topological polar surface area (TPSA) is 159 Å². The van der Waals surface area contributed by atoms with Crippen molar-refractivity contribution in [3.63, 3.8) is 0 Å². The first-order chi connectivity index (χ1) is 19.5. The first-order valence-electron chi connectivity index (χ1n) is 13.8. The Labute approximate surface area is 245 Å². The zero-order valence-corrected chi connectivity index (χ0v) is 25.2. The van der Waals surface area contributed by atoms with Crippen LogP contribution in [0.3, 0.4) is 0 Å². The van der Waals surface area contributed by atoms with E-state index in [2.05, 4.69) is 10.6 Å². The summed E-state index contributed by atoms with van der Waals surface area (Å²) in [5.74, 6) is -0.816. The van der Waals surface area contributed by atoms with Crippen molar-refractivity contribution in [1.29, 1.82) is 0 Å². The van der Waals surface area contributed by atoms with Crippen molar-refractivity contribution in [2.45, 2.75) is 96.3 Å². The van der Waals surface area contributed by atoms with Crippen LogP contribution >= 0.6 is 0 Å². The summed E-state index contributed by atoms with van der Waals surface area (Å²) in [6, 6.07) is 5.50. The van der Waals surface area contributed by atoms with Crippen molar-refractivity contribution in [1.82, 2.24) is 15.5 Å². The number of carbonyl (C=O) groups excluding carboxylic acids is 5. The van der Waals surface area contributed by atoms with Gasteiger partial charge in [0.15, 0.2) is 12.2 Å². The SMILES string of the molecule is COc1ccc(C[C@H]2[C@H](OC(=O)CC[C@H]3NC(=O)CNC3=O)[C@@H](OC(=O)OC(C)(C)C)CN2C(=O)OC(C)(C)C)cc1. The maximum Gasteiger partial charge on any atom is 0.509 e. The van der Waals surface area contributed by atoms with E-state index in [1.807, 2.05) is 12.1 Å². The number of esters is 1. The Kier molecular flexibility index (Phi) is 10.3. The number of nitrogens with zero attached hydrogens (tertiary/aromatic N) is 1. The number of ether oxygens (including phenoxy) is 5. The Balaban J connectivity index is 1.87. The van der Waals surface area contributed by atoms with Crippen LogP contribution in [0.15, 0.2) is 24.3 Å². The molecular weight excluding hydrogens is 550 g/mol. The number of likely N-dealkylation sites (tertiary alicyclic amines) is 1. The molecule has 1 aromatic carbocycles. The molecule has 2 N–H and O–H groups in total. The molecule has 13 heteroatoms. The molecule has 2 aliphatic heterocycles. The van der Waals surface area contributed by atoms with Gasteiger partial charge in [-0.15, -0.1) is 0 Å². The summed E-state index contributed by atoms with van der Waals surface area (Å²) in [5, 5.41) is 5.01. The van der Waals surface area contributed by atoms with Crippen LogP contribution < -0.4 is 15.4 Å². The summed E-state index contributed by atoms with van der Waals surface area (Å²) in [6.45, 7) is 9.98. The minimum atomic E-state index is -1.09. The summed E-state index contributed by atoms with van der Waals surface area (Å²) < 4.78 is 27.7. The first-order valence-corrected chi connectivity index (χ1v) is 13.8. The van der Waals surface area contributed by atoms with Gasteiger partial charge in [0.05, 0.1) is 26.2 Å². The van der Waals surface area contributed by atoms with Crippen LogP contribution in [0, 0.1) is 0 Å². The summed E-state index contributed by atoms with van der Waals surface area (Å²) >= 11 is 0. The molecule has 0 aromatic heterocycles. The molecule has 42 heavy (non-hydrogen) atoms. The lowest BCUT2D eigenvalue weighted by Gasteiger charge is -2.30. The number of rotatable bonds is 8. The summed E-state index contributed by atoms with van der Waals surface area (Å²) in [6.07, 6.45) is -3.79. The van der Waals surface area contributed by atoms with Gasteiger partial charge in [0.1, 0.15) is 23.0 Å². The second-order valence-corrected chi connectivity index (χ2v) is 12.2. The zero-order chi connectivity index (χ0) is 31.2. The quantitative estimate of drug-likeness (QED) is 0.340. The van der Waals surface area contributed by atoms with Crippen molar-refractivity contribution in [3.8, 4) is 5.75 Å². The van der Waals surface area contributed by atoms with Crippen LogP contribution in [0.4, 0.5) is 9.59 Å². The number of nitrogens with one attached hydrogen (secondary N) is 2. The molecule has 3 amide bonds. The predicted molar refractivity (Wildman–Crippen MR) is 149 cm³/mol. The monoisotopic (exact) mass is 591 g/mol. The minimum absolute atomic E-state index is 0.000354. The highest BCUT2D eigenvalue weighted by Gasteiger charge is 2.50. The van der Waals surface area contributed by atoms with E-state index >= 15 is 0 Å². The maximum atomic E-state index is 13.3. The number of hydrogen-bond acceptors (Lipinski definition) is 10. The third-order valence-corrected chi connectivity index (χ3v) is 6.37. The standard InChI is InChI=1S/C29H41N3O10/c1-28(2,3)41-26(36)32-16-21(39-27(37)42-29(4,5)6)24(20(32)14-17-8-10-18(38-7)11-9-17)40-23(34)13-12-19-25(35)30-15-22(33)31-19/h8-11,19-21,24H,12-16H2,1-7H3,(H,30,35)(H,31,33)/t19-,20+,21+,24+/m1/s1. The van der Waals surface area contributed by atoms with Gasteiger partial charge in [-0.05, 0) is 72.1 Å². The zero-order valence-electron chi connectivity index (χ0n) is 25.2. The number of hydrogen-bond donors (Lipinski definition) is 2. The Morgan fingerprint density at radius 2 is 1.60 bits per heavy atom. The molecule has 13 nitrogen and oxygen atoms in total. The highest BCUT2D eigenvalue weighted by atomic mass is 16.7. The second-order valence-electron chi connectivity index (χ2n) is 12.2. The van der Waals surface area contributed by atoms with E-state index in [0.29, 0.717) is 5.75 Å². The van der Waals surface area contributed by atoms with Crippen molar-refractivity contribution < 1.29 is 47.7 Å². The highest BCUT2D eigenvalue weighted by molar-refractivity contribution is 5.94. The van der Waals surface area contributed by atoms with Crippen molar-refractivity contribution in [3.05, 3.63) is 29.8 Å². The molecule has 232 valence electrons. The van der Waals surface area contributed by atoms with Crippen LogP contribution in [-0.2, 0) is 39.8 Å². The van der Waals surface area contributed by atoms with Gasteiger partial charge in [-0.3, -0.25) is 19.3 Å². The molecule has 0 spiro atoms. The minimum Gasteiger partial charge on any atom is -0.497 e. The predicted octanol–water partition coefficient (Wildman–Crippen LogP) is 2.48. The lowest BCUT2D eigenvalue weighted by Crippen LogP contribution is -2.56. The van der Waals surface area contributed by atoms with Crippen LogP contribution in [0.25, 0.3) is 0 Å². The molecule has 2 aliphatic rings. The van der Waals surface area contributed by atoms with E-state index < -0.39 is 59.6 Å². The fourth-order valence-electron chi connectivity index (χ4n) is 4.55. The van der Waals surface area contributed by atoms with E-state index in [4.69, 9.17) is 23.7 Å². The molecule has 0 bridgehead atoms. The van der Waals surface area contributed by atoms with Crippen molar-refractivity contribution in [2.24, 2.45) is 0 Å². The molecule has 2 fully saturated rings. The van der Waals surface area contributed by atoms with E-state index in [0.717, 1.165) is 5.56 Å². The number of benzene rings is 1. The Hall–Kier alpha value is -4.03. The fraction of sp³-hybridized carbons (Fsp3) is 0.621. The van der Waals surface area contributed by atoms with E-state index in [1.54, 1.807) is 60.8 Å². The maximum absolute atomic E-state index is 13.3. The van der Waals surface area contributed by atoms with Gasteiger partial charge >= 0.3 is 18.2 Å². The number of amides is 3. The molecule has 0 radical (unpaired) electrons. The molecule has 3 rings (SSSR count). The highest BCUT2D eigenvalue weighted by Crippen LogP contribution is 2.30. The first kappa shape index (κ1) is 32.5. The second kappa shape index (κ2) is 13.3. The third kappa shape index (κ3) is 9.52. The number of piperazine rings is 1. The van der Waals surface area contributed by atoms with E-state index in [1.165, 1.54) is 4.90 Å². The Morgan fingerprint density at radius 1 is 0.952 bits per heavy atom. The average Bonchev–Trinajstić information content (AvgIpc) is 3.19. The molecule has 0 aliphatic carbocycles. The Bertz CT molecular complexity index is 1160. The molecular formula is C29H41N3O10. The van der Waals surface area contributed by atoms with Gasteiger partial charge in [0, 0.05) is 6.42 Å². The summed E-state index contributed by atoms with van der Waals surface area (Å²) in [5.41, 5.74) is -0.863. The summed E-state index contributed by atoms with van der Waals surface area (Å²) in [7, 11) is 1.55. The van der Waals surface area contributed by atoms with Gasteiger partial charge in [0.25, 0.3) is 0 Å². The van der Waals surface area contributed by atoms with E-state index in [-0.39, 0.29) is 38.3 Å². The van der Waals surface area contributed by atoms with E-state index in [9.17, 15) is 24.0 Å². The Morgan fingerprint density at radius 3 is 2.19 bits per heavy atom. The van der Waals surface area contributed by atoms with Crippen LogP contribution in [0.5, 0.6) is 5.75 Å². The van der Waals surface area contributed by atoms with Crippen molar-refractivity contribution in [2.75, 3.05) is 20.2 Å². The molecule has 0 unspecified atom stereocenters. The summed E-state index contributed by atoms with van der Waals surface area (Å²) in [4.78, 5) is 64.3. The van der Waals surface area contributed by atoms with Crippen LogP contribution in [0.2, 0.25) is 0 Å². The van der Waals surface area contributed by atoms with Gasteiger partial charge in [-0.2, -0.15) is 0 Å².